The number of rotatable bonds is 1. The van der Waals surface area contributed by atoms with Crippen molar-refractivity contribution in [3.8, 4) is 11.8 Å². The van der Waals surface area contributed by atoms with Gasteiger partial charge in [0.2, 0.25) is 0 Å². The fraction of sp³-hybridized carbons (Fsp3) is 0.556. The maximum atomic E-state index is 13.0. The standard InChI is InChI=1S/C18H22F3NO/c1-13(2)22-10-11-23-12-15-14(6-5-7-16(15)22)8-9-17(3,4)18(19,20)21/h5-7,13H,10-12H2,1-4H3. The minimum atomic E-state index is -4.35. The summed E-state index contributed by atoms with van der Waals surface area (Å²) < 4.78 is 44.5. The quantitative estimate of drug-likeness (QED) is 0.711. The number of alkyl halides is 3. The predicted octanol–water partition coefficient (Wildman–Crippen LogP) is 4.37. The predicted molar refractivity (Wildman–Crippen MR) is 85.3 cm³/mol. The van der Waals surface area contributed by atoms with Crippen LogP contribution in [0.4, 0.5) is 18.9 Å². The van der Waals surface area contributed by atoms with Crippen molar-refractivity contribution in [3.05, 3.63) is 29.3 Å². The Hall–Kier alpha value is -1.67. The van der Waals surface area contributed by atoms with E-state index in [9.17, 15) is 13.2 Å². The molecule has 0 saturated heterocycles. The summed E-state index contributed by atoms with van der Waals surface area (Å²) >= 11 is 0. The first-order valence-electron chi connectivity index (χ1n) is 7.69. The van der Waals surface area contributed by atoms with E-state index >= 15 is 0 Å². The van der Waals surface area contributed by atoms with Crippen LogP contribution in [0.15, 0.2) is 18.2 Å². The highest BCUT2D eigenvalue weighted by Crippen LogP contribution is 2.37. The number of hydrogen-bond donors (Lipinski definition) is 0. The van der Waals surface area contributed by atoms with Gasteiger partial charge in [0.05, 0.1) is 13.2 Å². The zero-order valence-electron chi connectivity index (χ0n) is 13.9. The van der Waals surface area contributed by atoms with E-state index in [-0.39, 0.29) is 6.04 Å². The first-order valence-corrected chi connectivity index (χ1v) is 7.69. The van der Waals surface area contributed by atoms with E-state index in [1.165, 1.54) is 0 Å². The Balaban J connectivity index is 2.46. The van der Waals surface area contributed by atoms with E-state index in [0.717, 1.165) is 31.6 Å². The van der Waals surface area contributed by atoms with Gasteiger partial charge in [0.1, 0.15) is 5.41 Å². The Bertz CT molecular complexity index is 623. The maximum absolute atomic E-state index is 13.0. The van der Waals surface area contributed by atoms with E-state index in [4.69, 9.17) is 4.74 Å². The van der Waals surface area contributed by atoms with E-state index < -0.39 is 11.6 Å². The molecule has 0 saturated carbocycles. The van der Waals surface area contributed by atoms with Gasteiger partial charge in [0.25, 0.3) is 0 Å². The normalized spacial score (nSPS) is 15.7. The Morgan fingerprint density at radius 1 is 1.22 bits per heavy atom. The van der Waals surface area contributed by atoms with Crippen molar-refractivity contribution < 1.29 is 17.9 Å². The van der Waals surface area contributed by atoms with Crippen molar-refractivity contribution in [2.24, 2.45) is 5.41 Å². The molecule has 0 spiro atoms. The molecule has 1 aliphatic rings. The Morgan fingerprint density at radius 3 is 2.52 bits per heavy atom. The highest BCUT2D eigenvalue weighted by atomic mass is 19.4. The van der Waals surface area contributed by atoms with E-state index in [1.807, 2.05) is 12.1 Å². The van der Waals surface area contributed by atoms with Crippen LogP contribution in [0.2, 0.25) is 0 Å². The lowest BCUT2D eigenvalue weighted by molar-refractivity contribution is -0.190. The highest BCUT2D eigenvalue weighted by molar-refractivity contribution is 5.61. The average molecular weight is 325 g/mol. The summed E-state index contributed by atoms with van der Waals surface area (Å²) in [6.07, 6.45) is -4.35. The van der Waals surface area contributed by atoms with Crippen LogP contribution in [0.5, 0.6) is 0 Å². The van der Waals surface area contributed by atoms with Crippen LogP contribution < -0.4 is 4.90 Å². The number of hydrogen-bond acceptors (Lipinski definition) is 2. The van der Waals surface area contributed by atoms with Gasteiger partial charge in [-0.15, -0.1) is 0 Å². The molecule has 1 heterocycles. The summed E-state index contributed by atoms with van der Waals surface area (Å²) in [5, 5.41) is 0. The van der Waals surface area contributed by atoms with Crippen molar-refractivity contribution >= 4 is 5.69 Å². The fourth-order valence-electron chi connectivity index (χ4n) is 2.40. The molecule has 0 aliphatic carbocycles. The number of ether oxygens (including phenoxy) is 1. The largest absolute Gasteiger partial charge is 0.404 e. The molecule has 0 fully saturated rings. The van der Waals surface area contributed by atoms with Gasteiger partial charge in [-0.1, -0.05) is 17.9 Å². The molecule has 0 bridgehead atoms. The molecule has 5 heteroatoms. The summed E-state index contributed by atoms with van der Waals surface area (Å²) in [6, 6.07) is 5.85. The fourth-order valence-corrected chi connectivity index (χ4v) is 2.40. The van der Waals surface area contributed by atoms with Gasteiger partial charge >= 0.3 is 6.18 Å². The van der Waals surface area contributed by atoms with Crippen LogP contribution in [0.25, 0.3) is 0 Å². The maximum Gasteiger partial charge on any atom is 0.404 e. The van der Waals surface area contributed by atoms with Gasteiger partial charge in [-0.05, 0) is 39.8 Å². The summed E-state index contributed by atoms with van der Waals surface area (Å²) in [4.78, 5) is 2.20. The Morgan fingerprint density at radius 2 is 1.91 bits per heavy atom. The van der Waals surface area contributed by atoms with Crippen LogP contribution in [0.3, 0.4) is 0 Å². The van der Waals surface area contributed by atoms with Crippen molar-refractivity contribution in [1.82, 2.24) is 0 Å². The SMILES string of the molecule is CC(C)N1CCOCc2c(C#CC(C)(C)C(F)(F)F)cccc21. The van der Waals surface area contributed by atoms with E-state index in [2.05, 4.69) is 30.6 Å². The first kappa shape index (κ1) is 17.7. The van der Waals surface area contributed by atoms with Crippen molar-refractivity contribution in [3.63, 3.8) is 0 Å². The molecule has 23 heavy (non-hydrogen) atoms. The zero-order chi connectivity index (χ0) is 17.3. The summed E-state index contributed by atoms with van der Waals surface area (Å²) in [6.45, 7) is 8.08. The number of halogens is 3. The van der Waals surface area contributed by atoms with Crippen LogP contribution >= 0.6 is 0 Å². The summed E-state index contributed by atoms with van der Waals surface area (Å²) in [7, 11) is 0. The second kappa shape index (κ2) is 6.45. The molecule has 0 atom stereocenters. The van der Waals surface area contributed by atoms with Gasteiger partial charge in [0, 0.05) is 29.4 Å². The summed E-state index contributed by atoms with van der Waals surface area (Å²) in [5.74, 6) is 5.11. The second-order valence-electron chi connectivity index (χ2n) is 6.52. The number of benzene rings is 1. The molecule has 1 aromatic rings. The highest BCUT2D eigenvalue weighted by Gasteiger charge is 2.46. The van der Waals surface area contributed by atoms with E-state index in [1.54, 1.807) is 6.07 Å². The van der Waals surface area contributed by atoms with E-state index in [0.29, 0.717) is 18.8 Å². The molecule has 0 aromatic heterocycles. The molecule has 2 rings (SSSR count). The van der Waals surface area contributed by atoms with Crippen molar-refractivity contribution in [2.45, 2.75) is 46.5 Å². The van der Waals surface area contributed by atoms with Gasteiger partial charge in [-0.25, -0.2) is 0 Å². The number of nitrogens with zero attached hydrogens (tertiary/aromatic N) is 1. The monoisotopic (exact) mass is 325 g/mol. The Labute approximate surface area is 135 Å². The minimum Gasteiger partial charge on any atom is -0.375 e. The number of anilines is 1. The zero-order valence-corrected chi connectivity index (χ0v) is 13.9. The van der Waals surface area contributed by atoms with Crippen LogP contribution in [-0.4, -0.2) is 25.4 Å². The second-order valence-corrected chi connectivity index (χ2v) is 6.52. The van der Waals surface area contributed by atoms with Crippen LogP contribution in [0, 0.1) is 17.3 Å². The van der Waals surface area contributed by atoms with Crippen molar-refractivity contribution in [2.75, 3.05) is 18.1 Å². The molecule has 2 nitrogen and oxygen atoms in total. The lowest BCUT2D eigenvalue weighted by Gasteiger charge is -2.28. The van der Waals surface area contributed by atoms with Gasteiger partial charge in [-0.2, -0.15) is 13.2 Å². The van der Waals surface area contributed by atoms with Gasteiger partial charge in [-0.3, -0.25) is 0 Å². The third-order valence-electron chi connectivity index (χ3n) is 4.03. The molecule has 1 aromatic carbocycles. The minimum absolute atomic E-state index is 0.283. The molecule has 0 unspecified atom stereocenters. The lowest BCUT2D eigenvalue weighted by atomic mass is 9.92. The third kappa shape index (κ3) is 3.81. The van der Waals surface area contributed by atoms with Gasteiger partial charge in [0.15, 0.2) is 0 Å². The molecule has 0 radical (unpaired) electrons. The Kier molecular flexibility index (Phi) is 4.95. The smallest absolute Gasteiger partial charge is 0.375 e. The molecule has 0 amide bonds. The molecule has 126 valence electrons. The molecular formula is C18H22F3NO. The third-order valence-corrected chi connectivity index (χ3v) is 4.03. The van der Waals surface area contributed by atoms with Crippen LogP contribution in [-0.2, 0) is 11.3 Å². The van der Waals surface area contributed by atoms with Crippen molar-refractivity contribution in [1.29, 1.82) is 0 Å². The topological polar surface area (TPSA) is 12.5 Å². The molecular weight excluding hydrogens is 303 g/mol. The first-order chi connectivity index (χ1) is 10.6. The lowest BCUT2D eigenvalue weighted by Crippen LogP contribution is -2.33. The summed E-state index contributed by atoms with van der Waals surface area (Å²) in [5.41, 5.74) is 0.421. The van der Waals surface area contributed by atoms with Gasteiger partial charge < -0.3 is 9.64 Å². The average Bonchev–Trinajstić information content (AvgIpc) is 2.66. The number of fused-ring (bicyclic) bond motifs is 1. The molecule has 0 N–H and O–H groups in total. The van der Waals surface area contributed by atoms with Crippen LogP contribution in [0.1, 0.15) is 38.8 Å². The molecule has 1 aliphatic heterocycles.